The molecule has 0 aromatic heterocycles. The van der Waals surface area contributed by atoms with Gasteiger partial charge >= 0.3 is 5.97 Å². The summed E-state index contributed by atoms with van der Waals surface area (Å²) in [4.78, 5) is 15.7. The smallest absolute Gasteiger partial charge is 0.317 e. The van der Waals surface area contributed by atoms with Crippen LogP contribution in [-0.4, -0.2) is 25.8 Å². The summed E-state index contributed by atoms with van der Waals surface area (Å²) < 4.78 is 23.4. The fourth-order valence-electron chi connectivity index (χ4n) is 3.62. The van der Waals surface area contributed by atoms with Crippen LogP contribution in [0.1, 0.15) is 40.5 Å². The van der Waals surface area contributed by atoms with Gasteiger partial charge in [-0.05, 0) is 110 Å². The standard InChI is InChI=1S/C28H34O5S/c1-5-9-28(29)33-34(25-16-10-22(11-17-25)30-6-2,26-18-12-23(13-19-26)31-7-3)27-20-14-24(15-21-27)32-8-4/h10-21H,5-9H2,1-4H3. The molecule has 3 aromatic rings. The predicted molar refractivity (Wildman–Crippen MR) is 136 cm³/mol. The molecule has 6 heteroatoms. The van der Waals surface area contributed by atoms with Crippen molar-refractivity contribution < 1.29 is 23.2 Å². The Morgan fingerprint density at radius 1 is 0.588 bits per heavy atom. The van der Waals surface area contributed by atoms with Crippen molar-refractivity contribution in [2.24, 2.45) is 0 Å². The minimum Gasteiger partial charge on any atom is -0.494 e. The third kappa shape index (κ3) is 5.86. The van der Waals surface area contributed by atoms with E-state index in [2.05, 4.69) is 0 Å². The lowest BCUT2D eigenvalue weighted by Gasteiger charge is -2.40. The van der Waals surface area contributed by atoms with E-state index in [0.717, 1.165) is 31.9 Å². The SMILES string of the molecule is CCCC(=O)OS(c1ccc(OCC)cc1)(c1ccc(OCC)cc1)c1ccc(OCC)cc1. The van der Waals surface area contributed by atoms with Crippen molar-refractivity contribution in [3.63, 3.8) is 0 Å². The van der Waals surface area contributed by atoms with Crippen LogP contribution < -0.4 is 14.2 Å². The molecule has 0 aliphatic rings. The lowest BCUT2D eigenvalue weighted by atomic mass is 10.3. The molecular formula is C28H34O5S. The first-order chi connectivity index (χ1) is 16.6. The van der Waals surface area contributed by atoms with E-state index in [1.54, 1.807) is 0 Å². The molecule has 0 atom stereocenters. The van der Waals surface area contributed by atoms with Crippen LogP contribution in [0.4, 0.5) is 0 Å². The first kappa shape index (κ1) is 25.5. The lowest BCUT2D eigenvalue weighted by molar-refractivity contribution is -0.133. The molecule has 0 saturated carbocycles. The van der Waals surface area contributed by atoms with Crippen LogP contribution in [-0.2, 0) is 8.98 Å². The predicted octanol–water partition coefficient (Wildman–Crippen LogP) is 7.42. The Morgan fingerprint density at radius 3 is 1.18 bits per heavy atom. The minimum atomic E-state index is -2.37. The van der Waals surface area contributed by atoms with Gasteiger partial charge in [-0.25, -0.2) is 0 Å². The fraction of sp³-hybridized carbons (Fsp3) is 0.321. The average molecular weight is 483 g/mol. The topological polar surface area (TPSA) is 54.0 Å². The van der Waals surface area contributed by atoms with Crippen molar-refractivity contribution in [2.75, 3.05) is 19.8 Å². The highest BCUT2D eigenvalue weighted by atomic mass is 32.3. The van der Waals surface area contributed by atoms with Gasteiger partial charge in [-0.3, -0.25) is 4.79 Å². The molecule has 0 N–H and O–H groups in total. The molecule has 182 valence electrons. The first-order valence-electron chi connectivity index (χ1n) is 11.8. The zero-order valence-electron chi connectivity index (χ0n) is 20.4. The Morgan fingerprint density at radius 2 is 0.912 bits per heavy atom. The number of ether oxygens (including phenoxy) is 3. The monoisotopic (exact) mass is 482 g/mol. The Kier molecular flexibility index (Phi) is 9.28. The fourth-order valence-corrected chi connectivity index (χ4v) is 6.65. The zero-order valence-corrected chi connectivity index (χ0v) is 21.2. The van der Waals surface area contributed by atoms with E-state index in [0.29, 0.717) is 32.7 Å². The molecule has 5 nitrogen and oxygen atoms in total. The van der Waals surface area contributed by atoms with Crippen molar-refractivity contribution >= 4 is 16.3 Å². The van der Waals surface area contributed by atoms with Gasteiger partial charge in [-0.1, -0.05) is 6.92 Å². The number of hydrogen-bond acceptors (Lipinski definition) is 5. The summed E-state index contributed by atoms with van der Waals surface area (Å²) in [5.74, 6) is 2.10. The van der Waals surface area contributed by atoms with Crippen LogP contribution in [0, 0.1) is 0 Å². The Hall–Kier alpha value is -3.12. The van der Waals surface area contributed by atoms with E-state index in [1.165, 1.54) is 0 Å². The average Bonchev–Trinajstić information content (AvgIpc) is 2.85. The van der Waals surface area contributed by atoms with Crippen molar-refractivity contribution in [1.29, 1.82) is 0 Å². The van der Waals surface area contributed by atoms with Gasteiger partial charge < -0.3 is 18.4 Å². The second-order valence-electron chi connectivity index (χ2n) is 7.47. The molecule has 0 fully saturated rings. The first-order valence-corrected chi connectivity index (χ1v) is 13.4. The minimum absolute atomic E-state index is 0.228. The molecule has 0 radical (unpaired) electrons. The molecule has 0 aliphatic carbocycles. The maximum absolute atomic E-state index is 13.0. The molecule has 3 aromatic carbocycles. The third-order valence-electron chi connectivity index (χ3n) is 5.07. The van der Waals surface area contributed by atoms with Crippen molar-refractivity contribution in [2.45, 2.75) is 55.2 Å². The van der Waals surface area contributed by atoms with Crippen LogP contribution >= 0.6 is 10.3 Å². The summed E-state index contributed by atoms with van der Waals surface area (Å²) in [6, 6.07) is 23.5. The molecule has 0 aliphatic heterocycles. The third-order valence-corrected chi connectivity index (χ3v) is 8.32. The zero-order chi connectivity index (χ0) is 24.4. The van der Waals surface area contributed by atoms with E-state index in [9.17, 15) is 4.79 Å². The second kappa shape index (κ2) is 12.4. The van der Waals surface area contributed by atoms with Crippen LogP contribution in [0.15, 0.2) is 87.5 Å². The van der Waals surface area contributed by atoms with Crippen LogP contribution in [0.25, 0.3) is 0 Å². The van der Waals surface area contributed by atoms with E-state index in [-0.39, 0.29) is 5.97 Å². The summed E-state index contributed by atoms with van der Waals surface area (Å²) in [5.41, 5.74) is 0. The number of carbonyl (C=O) groups excluding carboxylic acids is 1. The summed E-state index contributed by atoms with van der Waals surface area (Å²) >= 11 is 0. The highest BCUT2D eigenvalue weighted by Gasteiger charge is 2.35. The Labute approximate surface area is 204 Å². The molecule has 0 bridgehead atoms. The highest BCUT2D eigenvalue weighted by Crippen LogP contribution is 2.69. The van der Waals surface area contributed by atoms with Gasteiger partial charge in [-0.15, -0.1) is 0 Å². The van der Waals surface area contributed by atoms with Gasteiger partial charge in [0.05, 0.1) is 19.8 Å². The van der Waals surface area contributed by atoms with Gasteiger partial charge in [-0.2, -0.15) is 0 Å². The molecule has 0 amide bonds. The maximum atomic E-state index is 13.0. The van der Waals surface area contributed by atoms with Crippen molar-refractivity contribution in [3.05, 3.63) is 72.8 Å². The molecule has 3 rings (SSSR count). The van der Waals surface area contributed by atoms with Crippen molar-refractivity contribution in [3.8, 4) is 17.2 Å². The van der Waals surface area contributed by atoms with Gasteiger partial charge in [0.2, 0.25) is 0 Å². The summed E-state index contributed by atoms with van der Waals surface area (Å²) in [5, 5.41) is 0. The molecular weight excluding hydrogens is 448 g/mol. The second-order valence-corrected chi connectivity index (χ2v) is 10.2. The van der Waals surface area contributed by atoms with Crippen LogP contribution in [0.5, 0.6) is 17.2 Å². The summed E-state index contributed by atoms with van der Waals surface area (Å²) in [7, 11) is -2.37. The van der Waals surface area contributed by atoms with E-state index < -0.39 is 10.3 Å². The highest BCUT2D eigenvalue weighted by molar-refractivity contribution is 8.30. The summed E-state index contributed by atoms with van der Waals surface area (Å²) in [6.07, 6.45) is 1.06. The molecule has 0 saturated heterocycles. The van der Waals surface area contributed by atoms with E-state index in [1.807, 2.05) is 100 Å². The quantitative estimate of drug-likeness (QED) is 0.269. The number of benzene rings is 3. The number of rotatable bonds is 12. The number of carbonyl (C=O) groups is 1. The van der Waals surface area contributed by atoms with Gasteiger partial charge in [0.1, 0.15) is 17.2 Å². The Balaban J connectivity index is 2.22. The maximum Gasteiger partial charge on any atom is 0.317 e. The van der Waals surface area contributed by atoms with Gasteiger partial charge in [0, 0.05) is 21.1 Å². The lowest BCUT2D eigenvalue weighted by Crippen LogP contribution is -2.13. The van der Waals surface area contributed by atoms with Gasteiger partial charge in [0.15, 0.2) is 0 Å². The molecule has 0 unspecified atom stereocenters. The van der Waals surface area contributed by atoms with Crippen LogP contribution in [0.2, 0.25) is 0 Å². The summed E-state index contributed by atoms with van der Waals surface area (Å²) in [6.45, 7) is 9.59. The van der Waals surface area contributed by atoms with E-state index >= 15 is 0 Å². The van der Waals surface area contributed by atoms with Gasteiger partial charge in [0.25, 0.3) is 0 Å². The Bertz CT molecular complexity index is 909. The molecule has 0 spiro atoms. The molecule has 0 heterocycles. The van der Waals surface area contributed by atoms with Crippen molar-refractivity contribution in [1.82, 2.24) is 0 Å². The largest absolute Gasteiger partial charge is 0.494 e. The normalized spacial score (nSPS) is 11.5. The van der Waals surface area contributed by atoms with Crippen LogP contribution in [0.3, 0.4) is 0 Å². The van der Waals surface area contributed by atoms with E-state index in [4.69, 9.17) is 18.4 Å². The number of hydrogen-bond donors (Lipinski definition) is 0. The molecule has 34 heavy (non-hydrogen) atoms.